The van der Waals surface area contributed by atoms with Crippen molar-refractivity contribution < 1.29 is 14.3 Å². The van der Waals surface area contributed by atoms with Gasteiger partial charge in [0.15, 0.2) is 17.3 Å². The number of ether oxygens (including phenoxy) is 2. The lowest BCUT2D eigenvalue weighted by atomic mass is 10.0. The number of methoxy groups -OCH3 is 1. The highest BCUT2D eigenvalue weighted by Crippen LogP contribution is 2.29. The zero-order valence-electron chi connectivity index (χ0n) is 11.7. The Morgan fingerprint density at radius 1 is 1.37 bits per heavy atom. The molecule has 19 heavy (non-hydrogen) atoms. The van der Waals surface area contributed by atoms with Gasteiger partial charge < -0.3 is 14.8 Å². The molecule has 1 aliphatic heterocycles. The second-order valence-corrected chi connectivity index (χ2v) is 5.05. The van der Waals surface area contributed by atoms with Crippen molar-refractivity contribution in [2.24, 2.45) is 0 Å². The molecule has 4 nitrogen and oxygen atoms in total. The molecular formula is C15H21NO3. The van der Waals surface area contributed by atoms with Gasteiger partial charge in [0, 0.05) is 5.56 Å². The Morgan fingerprint density at radius 3 is 2.74 bits per heavy atom. The lowest BCUT2D eigenvalue weighted by Crippen LogP contribution is -2.30. The van der Waals surface area contributed by atoms with E-state index in [4.69, 9.17) is 9.47 Å². The summed E-state index contributed by atoms with van der Waals surface area (Å²) in [5, 5.41) is 3.22. The standard InChI is InChI=1S/C15H21NO3/c1-10(2)19-13-7-6-11(9-14(13)18-3)15(17)12-5-4-8-16-12/h6-7,9-10,12,16H,4-5,8H2,1-3H3. The van der Waals surface area contributed by atoms with Gasteiger partial charge in [0.05, 0.1) is 19.3 Å². The molecule has 1 fully saturated rings. The average molecular weight is 263 g/mol. The van der Waals surface area contributed by atoms with Crippen LogP contribution in [0.4, 0.5) is 0 Å². The van der Waals surface area contributed by atoms with Gasteiger partial charge in [0.1, 0.15) is 0 Å². The first-order chi connectivity index (χ1) is 9.11. The summed E-state index contributed by atoms with van der Waals surface area (Å²) in [6.07, 6.45) is 2.04. The van der Waals surface area contributed by atoms with Gasteiger partial charge in [-0.15, -0.1) is 0 Å². The van der Waals surface area contributed by atoms with Crippen molar-refractivity contribution in [3.8, 4) is 11.5 Å². The van der Waals surface area contributed by atoms with Gasteiger partial charge in [0.25, 0.3) is 0 Å². The summed E-state index contributed by atoms with van der Waals surface area (Å²) in [4.78, 5) is 12.3. The van der Waals surface area contributed by atoms with Crippen molar-refractivity contribution in [3.63, 3.8) is 0 Å². The molecule has 1 heterocycles. The van der Waals surface area contributed by atoms with Gasteiger partial charge in [-0.1, -0.05) is 0 Å². The summed E-state index contributed by atoms with van der Waals surface area (Å²) in [6.45, 7) is 4.84. The topological polar surface area (TPSA) is 47.6 Å². The van der Waals surface area contributed by atoms with Crippen LogP contribution in [0.2, 0.25) is 0 Å². The fraction of sp³-hybridized carbons (Fsp3) is 0.533. The molecule has 0 spiro atoms. The highest BCUT2D eigenvalue weighted by molar-refractivity contribution is 6.00. The number of carbonyl (C=O) groups is 1. The molecule has 1 saturated heterocycles. The summed E-state index contributed by atoms with van der Waals surface area (Å²) in [6, 6.07) is 5.32. The SMILES string of the molecule is COc1cc(C(=O)C2CCCN2)ccc1OC(C)C. The van der Waals surface area contributed by atoms with Crippen molar-refractivity contribution in [3.05, 3.63) is 23.8 Å². The monoisotopic (exact) mass is 263 g/mol. The molecule has 4 heteroatoms. The molecule has 0 radical (unpaired) electrons. The number of Topliss-reactive ketones (excluding diaryl/α,β-unsaturated/α-hetero) is 1. The molecule has 1 aromatic carbocycles. The van der Waals surface area contributed by atoms with E-state index in [1.165, 1.54) is 0 Å². The predicted octanol–water partition coefficient (Wildman–Crippen LogP) is 2.42. The first kappa shape index (κ1) is 13.9. The molecule has 1 aromatic rings. The summed E-state index contributed by atoms with van der Waals surface area (Å²) in [5.74, 6) is 1.41. The summed E-state index contributed by atoms with van der Waals surface area (Å²) in [5.41, 5.74) is 0.673. The first-order valence-electron chi connectivity index (χ1n) is 6.74. The van der Waals surface area contributed by atoms with Gasteiger partial charge in [-0.2, -0.15) is 0 Å². The van der Waals surface area contributed by atoms with Crippen molar-refractivity contribution >= 4 is 5.78 Å². The van der Waals surface area contributed by atoms with Crippen LogP contribution in [0.25, 0.3) is 0 Å². The van der Waals surface area contributed by atoms with Gasteiger partial charge in [-0.25, -0.2) is 0 Å². The van der Waals surface area contributed by atoms with Crippen LogP contribution in [0.5, 0.6) is 11.5 Å². The van der Waals surface area contributed by atoms with Crippen molar-refractivity contribution in [1.29, 1.82) is 0 Å². The number of carbonyl (C=O) groups excluding carboxylic acids is 1. The lowest BCUT2D eigenvalue weighted by Gasteiger charge is -2.15. The van der Waals surface area contributed by atoms with E-state index >= 15 is 0 Å². The Labute approximate surface area is 114 Å². The predicted molar refractivity (Wildman–Crippen MR) is 74.1 cm³/mol. The smallest absolute Gasteiger partial charge is 0.179 e. The molecule has 1 N–H and O–H groups in total. The summed E-state index contributed by atoms with van der Waals surface area (Å²) >= 11 is 0. The third-order valence-corrected chi connectivity index (χ3v) is 3.19. The molecule has 104 valence electrons. The Kier molecular flexibility index (Phi) is 4.43. The van der Waals surface area contributed by atoms with E-state index in [-0.39, 0.29) is 17.9 Å². The minimum Gasteiger partial charge on any atom is -0.493 e. The largest absolute Gasteiger partial charge is 0.493 e. The second-order valence-electron chi connectivity index (χ2n) is 5.05. The van der Waals surface area contributed by atoms with Crippen LogP contribution < -0.4 is 14.8 Å². The third-order valence-electron chi connectivity index (χ3n) is 3.19. The molecule has 0 saturated carbocycles. The van der Waals surface area contributed by atoms with E-state index < -0.39 is 0 Å². The Hall–Kier alpha value is -1.55. The van der Waals surface area contributed by atoms with E-state index in [0.29, 0.717) is 17.1 Å². The van der Waals surface area contributed by atoms with Crippen molar-refractivity contribution in [2.45, 2.75) is 38.8 Å². The Morgan fingerprint density at radius 2 is 2.16 bits per heavy atom. The fourth-order valence-electron chi connectivity index (χ4n) is 2.28. The van der Waals surface area contributed by atoms with Gasteiger partial charge >= 0.3 is 0 Å². The van der Waals surface area contributed by atoms with E-state index in [2.05, 4.69) is 5.32 Å². The van der Waals surface area contributed by atoms with Crippen molar-refractivity contribution in [2.75, 3.05) is 13.7 Å². The second kappa shape index (κ2) is 6.06. The van der Waals surface area contributed by atoms with Crippen molar-refractivity contribution in [1.82, 2.24) is 5.32 Å². The van der Waals surface area contributed by atoms with E-state index in [1.807, 2.05) is 19.9 Å². The number of nitrogens with one attached hydrogen (secondary N) is 1. The molecule has 1 atom stereocenters. The number of ketones is 1. The molecule has 1 aliphatic rings. The maximum absolute atomic E-state index is 12.3. The van der Waals surface area contributed by atoms with Gasteiger partial charge in [-0.05, 0) is 51.4 Å². The van der Waals surface area contributed by atoms with Crippen LogP contribution in [0.3, 0.4) is 0 Å². The number of hydrogen-bond acceptors (Lipinski definition) is 4. The van der Waals surface area contributed by atoms with Gasteiger partial charge in [-0.3, -0.25) is 4.79 Å². The molecule has 1 unspecified atom stereocenters. The average Bonchev–Trinajstić information content (AvgIpc) is 2.91. The maximum Gasteiger partial charge on any atom is 0.179 e. The molecule has 0 aromatic heterocycles. The number of benzene rings is 1. The summed E-state index contributed by atoms with van der Waals surface area (Å²) in [7, 11) is 1.59. The molecule has 0 aliphatic carbocycles. The Balaban J connectivity index is 2.20. The number of rotatable bonds is 5. The third kappa shape index (κ3) is 3.26. The van der Waals surface area contributed by atoms with Crippen LogP contribution in [0.15, 0.2) is 18.2 Å². The fourth-order valence-corrected chi connectivity index (χ4v) is 2.28. The van der Waals surface area contributed by atoms with E-state index in [1.54, 1.807) is 19.2 Å². The Bertz CT molecular complexity index is 451. The van der Waals surface area contributed by atoms with Crippen LogP contribution in [0.1, 0.15) is 37.0 Å². The lowest BCUT2D eigenvalue weighted by molar-refractivity contribution is 0.0952. The van der Waals surface area contributed by atoms with E-state index in [0.717, 1.165) is 19.4 Å². The van der Waals surface area contributed by atoms with Crippen LogP contribution >= 0.6 is 0 Å². The first-order valence-corrected chi connectivity index (χ1v) is 6.74. The van der Waals surface area contributed by atoms with Crippen LogP contribution in [-0.4, -0.2) is 31.6 Å². The van der Waals surface area contributed by atoms with E-state index in [9.17, 15) is 4.79 Å². The van der Waals surface area contributed by atoms with Crippen LogP contribution in [-0.2, 0) is 0 Å². The maximum atomic E-state index is 12.3. The molecule has 0 bridgehead atoms. The molecule has 2 rings (SSSR count). The quantitative estimate of drug-likeness (QED) is 0.829. The molecular weight excluding hydrogens is 242 g/mol. The highest BCUT2D eigenvalue weighted by Gasteiger charge is 2.24. The highest BCUT2D eigenvalue weighted by atomic mass is 16.5. The molecule has 0 amide bonds. The zero-order valence-corrected chi connectivity index (χ0v) is 11.7. The number of hydrogen-bond donors (Lipinski definition) is 1. The van der Waals surface area contributed by atoms with Gasteiger partial charge in [0.2, 0.25) is 0 Å². The van der Waals surface area contributed by atoms with Crippen LogP contribution in [0, 0.1) is 0 Å². The minimum absolute atomic E-state index is 0.0541. The minimum atomic E-state index is -0.0541. The normalized spacial score (nSPS) is 18.6. The zero-order chi connectivity index (χ0) is 13.8. The summed E-state index contributed by atoms with van der Waals surface area (Å²) < 4.78 is 10.9.